The van der Waals surface area contributed by atoms with Crippen LogP contribution in [0.2, 0.25) is 0 Å². The molecule has 0 radical (unpaired) electrons. The third-order valence-corrected chi connectivity index (χ3v) is 4.21. The molecular weight excluding hydrogens is 312 g/mol. The molecule has 3 aromatic heterocycles. The quantitative estimate of drug-likeness (QED) is 0.625. The average Bonchev–Trinajstić information content (AvgIpc) is 3.25. The second kappa shape index (κ2) is 5.36. The number of anilines is 1. The van der Waals surface area contributed by atoms with Crippen molar-refractivity contribution >= 4 is 33.3 Å². The van der Waals surface area contributed by atoms with Crippen LogP contribution < -0.4 is 5.32 Å². The van der Waals surface area contributed by atoms with Crippen LogP contribution in [0.5, 0.6) is 0 Å². The van der Waals surface area contributed by atoms with E-state index in [4.69, 9.17) is 4.42 Å². The molecule has 4 aromatic rings. The van der Waals surface area contributed by atoms with Crippen molar-refractivity contribution in [1.29, 1.82) is 0 Å². The summed E-state index contributed by atoms with van der Waals surface area (Å²) in [6, 6.07) is 11.4. The minimum atomic E-state index is -0.240. The van der Waals surface area contributed by atoms with Crippen LogP contribution >= 0.6 is 11.3 Å². The number of fused-ring (bicyclic) bond motifs is 1. The van der Waals surface area contributed by atoms with E-state index >= 15 is 0 Å². The molecule has 0 aliphatic carbocycles. The predicted octanol–water partition coefficient (Wildman–Crippen LogP) is 3.54. The fourth-order valence-electron chi connectivity index (χ4n) is 2.31. The van der Waals surface area contributed by atoms with E-state index in [-0.39, 0.29) is 5.91 Å². The van der Waals surface area contributed by atoms with Crippen LogP contribution in [0.15, 0.2) is 52.4 Å². The number of carbonyl (C=O) groups excluding carboxylic acids is 1. The summed E-state index contributed by atoms with van der Waals surface area (Å²) in [7, 11) is 1.72. The topological polar surface area (TPSA) is 73.0 Å². The highest BCUT2D eigenvalue weighted by atomic mass is 32.1. The number of amides is 1. The number of hydrogen-bond acceptors (Lipinski definition) is 5. The van der Waals surface area contributed by atoms with E-state index in [0.29, 0.717) is 22.3 Å². The van der Waals surface area contributed by atoms with E-state index in [1.165, 1.54) is 16.0 Å². The molecule has 0 aliphatic rings. The van der Waals surface area contributed by atoms with Gasteiger partial charge in [-0.2, -0.15) is 5.10 Å². The van der Waals surface area contributed by atoms with Gasteiger partial charge >= 0.3 is 0 Å². The molecule has 0 spiro atoms. The van der Waals surface area contributed by atoms with Gasteiger partial charge in [-0.3, -0.25) is 14.8 Å². The zero-order valence-electron chi connectivity index (χ0n) is 12.2. The van der Waals surface area contributed by atoms with Crippen molar-refractivity contribution in [1.82, 2.24) is 14.8 Å². The number of aromatic nitrogens is 3. The van der Waals surface area contributed by atoms with Gasteiger partial charge in [0.05, 0.1) is 0 Å². The zero-order valence-corrected chi connectivity index (χ0v) is 13.0. The molecule has 1 amide bonds. The summed E-state index contributed by atoms with van der Waals surface area (Å²) in [5.74, 6) is 0.444. The number of furan rings is 1. The van der Waals surface area contributed by atoms with Crippen molar-refractivity contribution in [2.45, 2.75) is 0 Å². The van der Waals surface area contributed by atoms with Gasteiger partial charge in [-0.15, -0.1) is 11.3 Å². The fraction of sp³-hybridized carbons (Fsp3) is 0.0625. The SMILES string of the molecule is Cn1nccc1C(=O)Nc1nc(-c2cc3ccccc3o2)cs1. The Morgan fingerprint density at radius 2 is 2.17 bits per heavy atom. The molecule has 0 bridgehead atoms. The van der Waals surface area contributed by atoms with Crippen molar-refractivity contribution in [3.8, 4) is 11.5 Å². The minimum Gasteiger partial charge on any atom is -0.454 e. The zero-order chi connectivity index (χ0) is 15.8. The first-order chi connectivity index (χ1) is 11.2. The lowest BCUT2D eigenvalue weighted by Crippen LogP contribution is -2.15. The van der Waals surface area contributed by atoms with Crippen molar-refractivity contribution in [2.24, 2.45) is 7.05 Å². The summed E-state index contributed by atoms with van der Waals surface area (Å²) < 4.78 is 7.30. The first kappa shape index (κ1) is 13.7. The number of nitrogens with zero attached hydrogens (tertiary/aromatic N) is 3. The Hall–Kier alpha value is -2.93. The molecule has 4 rings (SSSR count). The standard InChI is InChI=1S/C16H12N4O2S/c1-20-12(6-7-17-20)15(21)19-16-18-11(9-23-16)14-8-10-4-2-3-5-13(10)22-14/h2-9H,1H3,(H,18,19,21). The van der Waals surface area contributed by atoms with E-state index < -0.39 is 0 Å². The molecule has 3 heterocycles. The first-order valence-corrected chi connectivity index (χ1v) is 7.82. The number of carbonyl (C=O) groups is 1. The maximum absolute atomic E-state index is 12.2. The maximum atomic E-state index is 12.2. The van der Waals surface area contributed by atoms with E-state index in [2.05, 4.69) is 15.4 Å². The van der Waals surface area contributed by atoms with Crippen LogP contribution in [-0.4, -0.2) is 20.7 Å². The van der Waals surface area contributed by atoms with Gasteiger partial charge in [0, 0.05) is 24.0 Å². The Morgan fingerprint density at radius 1 is 1.30 bits per heavy atom. The summed E-state index contributed by atoms with van der Waals surface area (Å²) in [6.07, 6.45) is 1.58. The highest BCUT2D eigenvalue weighted by Crippen LogP contribution is 2.30. The smallest absolute Gasteiger partial charge is 0.275 e. The van der Waals surface area contributed by atoms with Crippen molar-refractivity contribution in [3.63, 3.8) is 0 Å². The highest BCUT2D eigenvalue weighted by molar-refractivity contribution is 7.14. The molecule has 23 heavy (non-hydrogen) atoms. The van der Waals surface area contributed by atoms with Gasteiger partial charge in [0.1, 0.15) is 17.0 Å². The Morgan fingerprint density at radius 3 is 2.96 bits per heavy atom. The molecule has 7 heteroatoms. The number of para-hydroxylation sites is 1. The second-order valence-corrected chi connectivity index (χ2v) is 5.84. The number of benzene rings is 1. The Balaban J connectivity index is 1.59. The van der Waals surface area contributed by atoms with Gasteiger partial charge in [-0.05, 0) is 18.2 Å². The molecule has 1 aromatic carbocycles. The minimum absolute atomic E-state index is 0.240. The van der Waals surface area contributed by atoms with E-state index in [1.807, 2.05) is 35.7 Å². The third kappa shape index (κ3) is 2.51. The maximum Gasteiger partial charge on any atom is 0.275 e. The molecular formula is C16H12N4O2S. The van der Waals surface area contributed by atoms with Crippen molar-refractivity contribution < 1.29 is 9.21 Å². The van der Waals surface area contributed by atoms with E-state index in [0.717, 1.165) is 11.0 Å². The lowest BCUT2D eigenvalue weighted by molar-refractivity contribution is 0.101. The second-order valence-electron chi connectivity index (χ2n) is 4.98. The number of nitrogens with one attached hydrogen (secondary N) is 1. The molecule has 0 saturated heterocycles. The fourth-order valence-corrected chi connectivity index (χ4v) is 3.01. The van der Waals surface area contributed by atoms with Gasteiger partial charge in [0.2, 0.25) is 0 Å². The Bertz CT molecular complexity index is 965. The van der Waals surface area contributed by atoms with E-state index in [1.54, 1.807) is 19.3 Å². The third-order valence-electron chi connectivity index (χ3n) is 3.46. The van der Waals surface area contributed by atoms with Crippen LogP contribution in [-0.2, 0) is 7.05 Å². The molecule has 0 fully saturated rings. The van der Waals surface area contributed by atoms with Gasteiger partial charge in [-0.25, -0.2) is 4.98 Å². The highest BCUT2D eigenvalue weighted by Gasteiger charge is 2.14. The Kier molecular flexibility index (Phi) is 3.20. The number of rotatable bonds is 3. The largest absolute Gasteiger partial charge is 0.454 e. The monoisotopic (exact) mass is 324 g/mol. The summed E-state index contributed by atoms with van der Waals surface area (Å²) in [6.45, 7) is 0. The van der Waals surface area contributed by atoms with Gasteiger partial charge in [0.25, 0.3) is 5.91 Å². The van der Waals surface area contributed by atoms with E-state index in [9.17, 15) is 4.79 Å². The summed E-state index contributed by atoms with van der Waals surface area (Å²) in [5.41, 5.74) is 1.99. The number of thiazole rings is 1. The molecule has 0 unspecified atom stereocenters. The summed E-state index contributed by atoms with van der Waals surface area (Å²) in [4.78, 5) is 16.6. The molecule has 1 N–H and O–H groups in total. The normalized spacial score (nSPS) is 11.0. The average molecular weight is 324 g/mol. The van der Waals surface area contributed by atoms with Gasteiger partial charge in [0.15, 0.2) is 10.9 Å². The van der Waals surface area contributed by atoms with Crippen LogP contribution in [0.25, 0.3) is 22.4 Å². The van der Waals surface area contributed by atoms with Crippen molar-refractivity contribution in [2.75, 3.05) is 5.32 Å². The first-order valence-electron chi connectivity index (χ1n) is 6.94. The van der Waals surface area contributed by atoms with Crippen LogP contribution in [0.3, 0.4) is 0 Å². The lowest BCUT2D eigenvalue weighted by atomic mass is 10.2. The molecule has 0 aliphatic heterocycles. The van der Waals surface area contributed by atoms with Gasteiger partial charge in [-0.1, -0.05) is 18.2 Å². The van der Waals surface area contributed by atoms with Crippen LogP contribution in [0, 0.1) is 0 Å². The molecule has 0 atom stereocenters. The predicted molar refractivity (Wildman–Crippen MR) is 88.5 cm³/mol. The number of aryl methyl sites for hydroxylation is 1. The lowest BCUT2D eigenvalue weighted by Gasteiger charge is -2.01. The summed E-state index contributed by atoms with van der Waals surface area (Å²) in [5, 5.41) is 10.2. The Labute approximate surface area is 135 Å². The molecule has 0 saturated carbocycles. The van der Waals surface area contributed by atoms with Crippen LogP contribution in [0.1, 0.15) is 10.5 Å². The van der Waals surface area contributed by atoms with Crippen LogP contribution in [0.4, 0.5) is 5.13 Å². The van der Waals surface area contributed by atoms with Crippen molar-refractivity contribution in [3.05, 3.63) is 53.7 Å². The number of hydrogen-bond donors (Lipinski definition) is 1. The molecule has 6 nitrogen and oxygen atoms in total. The molecule has 114 valence electrons. The van der Waals surface area contributed by atoms with Gasteiger partial charge < -0.3 is 4.42 Å². The summed E-state index contributed by atoms with van der Waals surface area (Å²) >= 11 is 1.35.